The molecule has 0 bridgehead atoms. The van der Waals surface area contributed by atoms with E-state index in [1.807, 2.05) is 24.3 Å². The number of carbonyl (C=O) groups is 1. The van der Waals surface area contributed by atoms with E-state index in [2.05, 4.69) is 4.74 Å². The molecule has 0 atom stereocenters. The van der Waals surface area contributed by atoms with Crippen LogP contribution in [0.1, 0.15) is 10.4 Å². The molecular weight excluding hydrogens is 226 g/mol. The molecule has 88 valence electrons. The van der Waals surface area contributed by atoms with Crippen molar-refractivity contribution < 1.29 is 18.3 Å². The summed E-state index contributed by atoms with van der Waals surface area (Å²) in [4.78, 5) is 11.4. The summed E-state index contributed by atoms with van der Waals surface area (Å²) < 4.78 is 28.2. The zero-order valence-electron chi connectivity index (χ0n) is 8.90. The van der Waals surface area contributed by atoms with E-state index in [-0.39, 0.29) is 5.56 Å². The molecule has 0 fully saturated rings. The van der Waals surface area contributed by atoms with E-state index < -0.39 is 19.0 Å². The molecule has 0 N–H and O–H groups in total. The molecule has 0 saturated carbocycles. The molecular formula is C13H10F2O2. The van der Waals surface area contributed by atoms with Gasteiger partial charge in [-0.2, -0.15) is 0 Å². The number of carbonyl (C=O) groups excluding carboxylic acids is 1. The Balaban J connectivity index is 2.21. The monoisotopic (exact) mass is 236 g/mol. The lowest BCUT2D eigenvalue weighted by Gasteiger charge is -2.05. The first-order valence-corrected chi connectivity index (χ1v) is 5.11. The van der Waals surface area contributed by atoms with E-state index in [9.17, 15) is 13.6 Å². The van der Waals surface area contributed by atoms with Crippen LogP contribution in [0.4, 0.5) is 8.78 Å². The number of ether oxygens (including phenoxy) is 1. The standard InChI is InChI=1S/C13H10F2O2/c14-12(15)8-17-13(16)11-6-5-9-3-1-2-4-10(9)7-11/h1-7,12H,8H2. The number of alkyl halides is 2. The maximum absolute atomic E-state index is 11.9. The number of halogens is 2. The van der Waals surface area contributed by atoms with Crippen molar-refractivity contribution in [2.45, 2.75) is 6.43 Å². The van der Waals surface area contributed by atoms with E-state index in [1.54, 1.807) is 18.2 Å². The molecule has 0 heterocycles. The lowest BCUT2D eigenvalue weighted by molar-refractivity contribution is 0.0160. The van der Waals surface area contributed by atoms with Crippen molar-refractivity contribution in [1.29, 1.82) is 0 Å². The minimum absolute atomic E-state index is 0.282. The molecule has 0 aliphatic carbocycles. The molecule has 0 aromatic heterocycles. The maximum atomic E-state index is 11.9. The van der Waals surface area contributed by atoms with Crippen LogP contribution < -0.4 is 0 Å². The number of benzene rings is 2. The van der Waals surface area contributed by atoms with Gasteiger partial charge in [-0.15, -0.1) is 0 Å². The summed E-state index contributed by atoms with van der Waals surface area (Å²) in [6.07, 6.45) is -2.64. The summed E-state index contributed by atoms with van der Waals surface area (Å²) in [5, 5.41) is 1.86. The van der Waals surface area contributed by atoms with Crippen LogP contribution in [-0.2, 0) is 4.74 Å². The molecule has 4 heteroatoms. The van der Waals surface area contributed by atoms with Crippen LogP contribution in [0.2, 0.25) is 0 Å². The third-order valence-corrected chi connectivity index (χ3v) is 2.33. The van der Waals surface area contributed by atoms with Gasteiger partial charge in [-0.3, -0.25) is 0 Å². The van der Waals surface area contributed by atoms with Crippen molar-refractivity contribution in [3.05, 3.63) is 48.0 Å². The van der Waals surface area contributed by atoms with E-state index >= 15 is 0 Å². The van der Waals surface area contributed by atoms with E-state index in [0.29, 0.717) is 0 Å². The Bertz CT molecular complexity index is 538. The minimum atomic E-state index is -2.64. The number of esters is 1. The fourth-order valence-electron chi connectivity index (χ4n) is 1.54. The van der Waals surface area contributed by atoms with E-state index in [0.717, 1.165) is 10.8 Å². The highest BCUT2D eigenvalue weighted by Gasteiger charge is 2.11. The quantitative estimate of drug-likeness (QED) is 0.764. The van der Waals surface area contributed by atoms with Crippen LogP contribution in [0.25, 0.3) is 10.8 Å². The Kier molecular flexibility index (Phi) is 3.32. The Morgan fingerprint density at radius 2 is 1.82 bits per heavy atom. The van der Waals surface area contributed by atoms with Crippen molar-refractivity contribution in [1.82, 2.24) is 0 Å². The zero-order valence-corrected chi connectivity index (χ0v) is 8.90. The number of hydrogen-bond donors (Lipinski definition) is 0. The van der Waals surface area contributed by atoms with Crippen molar-refractivity contribution >= 4 is 16.7 Å². The first kappa shape index (κ1) is 11.5. The highest BCUT2D eigenvalue weighted by Crippen LogP contribution is 2.16. The second kappa shape index (κ2) is 4.91. The maximum Gasteiger partial charge on any atom is 0.338 e. The zero-order chi connectivity index (χ0) is 12.3. The topological polar surface area (TPSA) is 26.3 Å². The predicted molar refractivity (Wildman–Crippen MR) is 60.2 cm³/mol. The summed E-state index contributed by atoms with van der Waals surface area (Å²) >= 11 is 0. The van der Waals surface area contributed by atoms with Crippen LogP contribution in [0, 0.1) is 0 Å². The Morgan fingerprint density at radius 1 is 1.12 bits per heavy atom. The molecule has 2 nitrogen and oxygen atoms in total. The molecule has 0 amide bonds. The van der Waals surface area contributed by atoms with Gasteiger partial charge in [-0.25, -0.2) is 13.6 Å². The molecule has 0 aliphatic heterocycles. The molecule has 0 unspecified atom stereocenters. The van der Waals surface area contributed by atoms with Crippen LogP contribution in [0.15, 0.2) is 42.5 Å². The Hall–Kier alpha value is -1.97. The minimum Gasteiger partial charge on any atom is -0.456 e. The van der Waals surface area contributed by atoms with Crippen molar-refractivity contribution in [3.63, 3.8) is 0 Å². The summed E-state index contributed by atoms with van der Waals surface area (Å²) in [6.45, 7) is -0.869. The van der Waals surface area contributed by atoms with Crippen LogP contribution in [0.3, 0.4) is 0 Å². The first-order chi connectivity index (χ1) is 8.16. The molecule has 2 rings (SSSR count). The second-order valence-electron chi connectivity index (χ2n) is 3.55. The van der Waals surface area contributed by atoms with Gasteiger partial charge in [-0.1, -0.05) is 30.3 Å². The lowest BCUT2D eigenvalue weighted by Crippen LogP contribution is -2.11. The largest absolute Gasteiger partial charge is 0.456 e. The van der Waals surface area contributed by atoms with Gasteiger partial charge in [-0.05, 0) is 22.9 Å². The van der Waals surface area contributed by atoms with Crippen molar-refractivity contribution in [2.75, 3.05) is 6.61 Å². The van der Waals surface area contributed by atoms with Gasteiger partial charge in [0.25, 0.3) is 6.43 Å². The number of hydrogen-bond acceptors (Lipinski definition) is 2. The molecule has 0 radical (unpaired) electrons. The first-order valence-electron chi connectivity index (χ1n) is 5.11. The Labute approximate surface area is 96.8 Å². The van der Waals surface area contributed by atoms with Crippen LogP contribution in [0.5, 0.6) is 0 Å². The van der Waals surface area contributed by atoms with Crippen molar-refractivity contribution in [3.8, 4) is 0 Å². The molecule has 0 spiro atoms. The van der Waals surface area contributed by atoms with Crippen molar-refractivity contribution in [2.24, 2.45) is 0 Å². The Morgan fingerprint density at radius 3 is 2.53 bits per heavy atom. The van der Waals surface area contributed by atoms with Gasteiger partial charge >= 0.3 is 5.97 Å². The average Bonchev–Trinajstić information content (AvgIpc) is 2.35. The number of fused-ring (bicyclic) bond motifs is 1. The fraction of sp³-hybridized carbons (Fsp3) is 0.154. The third-order valence-electron chi connectivity index (χ3n) is 2.33. The van der Waals surface area contributed by atoms with E-state index in [4.69, 9.17) is 0 Å². The molecule has 2 aromatic rings. The normalized spacial score (nSPS) is 10.8. The van der Waals surface area contributed by atoms with Gasteiger partial charge in [0.1, 0.15) is 0 Å². The molecule has 0 saturated heterocycles. The lowest BCUT2D eigenvalue weighted by atomic mass is 10.1. The third kappa shape index (κ3) is 2.78. The molecule has 2 aromatic carbocycles. The van der Waals surface area contributed by atoms with Gasteiger partial charge in [0.15, 0.2) is 6.61 Å². The van der Waals surface area contributed by atoms with Gasteiger partial charge in [0.2, 0.25) is 0 Å². The predicted octanol–water partition coefficient (Wildman–Crippen LogP) is 3.26. The SMILES string of the molecule is O=C(OCC(F)F)c1ccc2ccccc2c1. The van der Waals surface area contributed by atoms with Gasteiger partial charge in [0.05, 0.1) is 5.56 Å². The van der Waals surface area contributed by atoms with Gasteiger partial charge in [0, 0.05) is 0 Å². The summed E-state index contributed by atoms with van der Waals surface area (Å²) in [7, 11) is 0. The molecule has 17 heavy (non-hydrogen) atoms. The fourth-order valence-corrected chi connectivity index (χ4v) is 1.54. The van der Waals surface area contributed by atoms with Crippen LogP contribution >= 0.6 is 0 Å². The average molecular weight is 236 g/mol. The molecule has 0 aliphatic rings. The second-order valence-corrected chi connectivity index (χ2v) is 3.55. The van der Waals surface area contributed by atoms with Crippen LogP contribution in [-0.4, -0.2) is 19.0 Å². The van der Waals surface area contributed by atoms with Gasteiger partial charge < -0.3 is 4.74 Å². The summed E-state index contributed by atoms with van der Waals surface area (Å²) in [5.41, 5.74) is 0.282. The number of rotatable bonds is 3. The summed E-state index contributed by atoms with van der Waals surface area (Å²) in [5.74, 6) is -0.726. The van der Waals surface area contributed by atoms with E-state index in [1.165, 1.54) is 0 Å². The summed E-state index contributed by atoms with van der Waals surface area (Å²) in [6, 6.07) is 12.4. The highest BCUT2D eigenvalue weighted by atomic mass is 19.3. The highest BCUT2D eigenvalue weighted by molar-refractivity contribution is 5.95. The smallest absolute Gasteiger partial charge is 0.338 e.